The number of fused-ring (bicyclic) bond motifs is 5. The molecule has 0 amide bonds. The minimum atomic E-state index is -0.124. The number of rotatable bonds is 7. The summed E-state index contributed by atoms with van der Waals surface area (Å²) in [6, 6.07) is 73.6. The molecule has 5 aliphatic rings. The van der Waals surface area contributed by atoms with Crippen molar-refractivity contribution in [3.05, 3.63) is 211 Å². The van der Waals surface area contributed by atoms with E-state index in [-0.39, 0.29) is 5.41 Å². The maximum Gasteiger partial charge on any atom is 0.0540 e. The van der Waals surface area contributed by atoms with Gasteiger partial charge in [-0.15, -0.1) is 0 Å². The number of hydrogen-bond donors (Lipinski definition) is 0. The maximum absolute atomic E-state index is 2.51. The van der Waals surface area contributed by atoms with Gasteiger partial charge in [0.05, 0.1) is 5.69 Å². The van der Waals surface area contributed by atoms with Crippen LogP contribution in [-0.2, 0) is 10.8 Å². The van der Waals surface area contributed by atoms with E-state index in [1.54, 1.807) is 5.56 Å². The van der Waals surface area contributed by atoms with E-state index < -0.39 is 0 Å². The van der Waals surface area contributed by atoms with Crippen molar-refractivity contribution in [2.75, 3.05) is 4.90 Å². The summed E-state index contributed by atoms with van der Waals surface area (Å²) in [5.41, 5.74) is 18.1. The molecule has 0 radical (unpaired) electrons. The van der Waals surface area contributed by atoms with Gasteiger partial charge >= 0.3 is 0 Å². The van der Waals surface area contributed by atoms with Crippen LogP contribution < -0.4 is 4.90 Å². The van der Waals surface area contributed by atoms with Crippen molar-refractivity contribution in [2.24, 2.45) is 17.8 Å². The lowest BCUT2D eigenvalue weighted by Crippen LogP contribution is -2.48. The molecule has 310 valence electrons. The topological polar surface area (TPSA) is 3.24 Å². The first kappa shape index (κ1) is 37.8. The second-order valence-corrected chi connectivity index (χ2v) is 20.4. The number of hydrogen-bond acceptors (Lipinski definition) is 1. The molecule has 0 spiro atoms. The van der Waals surface area contributed by atoms with E-state index >= 15 is 0 Å². The molecule has 0 saturated heterocycles. The second-order valence-electron chi connectivity index (χ2n) is 20.4. The molecule has 1 nitrogen and oxygen atoms in total. The Hall–Kier alpha value is -6.70. The summed E-state index contributed by atoms with van der Waals surface area (Å²) in [6.07, 6.45) is 8.61. The third-order valence-electron chi connectivity index (χ3n) is 16.2. The Bertz CT molecular complexity index is 3240. The highest BCUT2D eigenvalue weighted by Gasteiger charge is 2.51. The second kappa shape index (κ2) is 14.4. The molecule has 64 heavy (non-hydrogen) atoms. The lowest BCUT2D eigenvalue weighted by Gasteiger charge is -2.57. The zero-order valence-corrected chi connectivity index (χ0v) is 36.9. The van der Waals surface area contributed by atoms with Crippen LogP contribution in [0, 0.1) is 17.8 Å². The fraction of sp³-hybridized carbons (Fsp3) is 0.206. The first-order valence-corrected chi connectivity index (χ1v) is 23.7. The molecule has 14 rings (SSSR count). The molecule has 0 N–H and O–H groups in total. The molecule has 0 aromatic heterocycles. The Morgan fingerprint density at radius 1 is 0.375 bits per heavy atom. The molecule has 0 heterocycles. The van der Waals surface area contributed by atoms with Crippen molar-refractivity contribution in [1.29, 1.82) is 0 Å². The summed E-state index contributed by atoms with van der Waals surface area (Å²) in [5.74, 6) is 2.81. The van der Waals surface area contributed by atoms with Gasteiger partial charge in [-0.25, -0.2) is 0 Å². The zero-order valence-electron chi connectivity index (χ0n) is 36.9. The van der Waals surface area contributed by atoms with Crippen LogP contribution in [0.4, 0.5) is 17.1 Å². The third kappa shape index (κ3) is 6.11. The van der Waals surface area contributed by atoms with Crippen LogP contribution in [0.1, 0.15) is 69.1 Å². The molecule has 5 aliphatic carbocycles. The summed E-state index contributed by atoms with van der Waals surface area (Å²) >= 11 is 0. The zero-order chi connectivity index (χ0) is 42.6. The van der Waals surface area contributed by atoms with Gasteiger partial charge in [0.2, 0.25) is 0 Å². The Kier molecular flexibility index (Phi) is 8.52. The van der Waals surface area contributed by atoms with E-state index in [0.29, 0.717) is 5.41 Å². The van der Waals surface area contributed by atoms with Crippen molar-refractivity contribution in [3.63, 3.8) is 0 Å². The van der Waals surface area contributed by atoms with Crippen molar-refractivity contribution in [2.45, 2.75) is 63.2 Å². The van der Waals surface area contributed by atoms with Crippen LogP contribution in [0.25, 0.3) is 66.1 Å². The lowest BCUT2D eigenvalue weighted by molar-refractivity contribution is -0.00518. The number of nitrogens with zero attached hydrogens (tertiary/aromatic N) is 1. The Balaban J connectivity index is 0.964. The SMILES string of the molecule is CC1(C)c2ccccc2-c2ccc(N(c3ccc(-c4ccc5ccccc5c4)cc3)c3ccc(-c4ccc(C56CC7CC(CC(C7)C5)C6)cc4)cc3-c3ccc4ccccc4c3)cc21. The van der Waals surface area contributed by atoms with Crippen LogP contribution in [-0.4, -0.2) is 0 Å². The third-order valence-corrected chi connectivity index (χ3v) is 16.2. The van der Waals surface area contributed by atoms with Crippen LogP contribution in [0.15, 0.2) is 194 Å². The van der Waals surface area contributed by atoms with Gasteiger partial charge in [-0.05, 0) is 187 Å². The van der Waals surface area contributed by atoms with E-state index in [0.717, 1.165) is 34.8 Å². The molecule has 0 unspecified atom stereocenters. The molecular formula is C63H53N. The van der Waals surface area contributed by atoms with Crippen molar-refractivity contribution < 1.29 is 0 Å². The monoisotopic (exact) mass is 823 g/mol. The highest BCUT2D eigenvalue weighted by molar-refractivity contribution is 5.96. The first-order chi connectivity index (χ1) is 31.3. The summed E-state index contributed by atoms with van der Waals surface area (Å²) in [6.45, 7) is 4.77. The van der Waals surface area contributed by atoms with Crippen LogP contribution in [0.5, 0.6) is 0 Å². The van der Waals surface area contributed by atoms with Gasteiger partial charge < -0.3 is 4.90 Å². The summed E-state index contributed by atoms with van der Waals surface area (Å²) < 4.78 is 0. The maximum atomic E-state index is 2.51. The van der Waals surface area contributed by atoms with Gasteiger partial charge in [-0.3, -0.25) is 0 Å². The van der Waals surface area contributed by atoms with E-state index in [4.69, 9.17) is 0 Å². The molecule has 9 aromatic carbocycles. The standard InChI is InChI=1S/C63H53N/c1-62(2)59-14-8-7-13-56(59)57-29-28-55(37-60(57)62)64(54-26-21-47(22-27-54)50-17-15-44-9-3-5-11-48(44)34-50)61-30-23-51(36-58(61)52-18-16-45-10-4-6-12-49(45)35-52)46-19-24-53(25-20-46)63-38-41-31-42(39-63)33-43(32-41)40-63/h3-30,34-37,41-43H,31-33,38-40H2,1-2H3. The summed E-state index contributed by atoms with van der Waals surface area (Å²) in [7, 11) is 0. The Morgan fingerprint density at radius 3 is 1.55 bits per heavy atom. The van der Waals surface area contributed by atoms with E-state index in [9.17, 15) is 0 Å². The van der Waals surface area contributed by atoms with E-state index in [1.165, 1.54) is 116 Å². The van der Waals surface area contributed by atoms with E-state index in [1.807, 2.05) is 0 Å². The van der Waals surface area contributed by atoms with Crippen molar-refractivity contribution >= 4 is 38.6 Å². The summed E-state index contributed by atoms with van der Waals surface area (Å²) in [4.78, 5) is 2.51. The van der Waals surface area contributed by atoms with Gasteiger partial charge in [-0.1, -0.05) is 159 Å². The van der Waals surface area contributed by atoms with Crippen molar-refractivity contribution in [3.8, 4) is 44.5 Å². The molecular weight excluding hydrogens is 771 g/mol. The average molecular weight is 824 g/mol. The molecule has 0 atom stereocenters. The van der Waals surface area contributed by atoms with Gasteiger partial charge in [-0.2, -0.15) is 0 Å². The molecule has 1 heteroatoms. The quantitative estimate of drug-likeness (QED) is 0.155. The first-order valence-electron chi connectivity index (χ1n) is 23.7. The van der Waals surface area contributed by atoms with Gasteiger partial charge in [0.15, 0.2) is 0 Å². The van der Waals surface area contributed by atoms with E-state index in [2.05, 4.69) is 213 Å². The fourth-order valence-electron chi connectivity index (χ4n) is 13.4. The van der Waals surface area contributed by atoms with Crippen LogP contribution >= 0.6 is 0 Å². The minimum Gasteiger partial charge on any atom is -0.310 e. The normalized spacial score (nSPS) is 21.2. The molecule has 4 saturated carbocycles. The van der Waals surface area contributed by atoms with Crippen molar-refractivity contribution in [1.82, 2.24) is 0 Å². The fourth-order valence-corrected chi connectivity index (χ4v) is 13.4. The Morgan fingerprint density at radius 2 is 0.875 bits per heavy atom. The van der Waals surface area contributed by atoms with Crippen LogP contribution in [0.3, 0.4) is 0 Å². The number of anilines is 3. The largest absolute Gasteiger partial charge is 0.310 e. The molecule has 0 aliphatic heterocycles. The average Bonchev–Trinajstić information content (AvgIpc) is 3.56. The molecule has 9 aromatic rings. The van der Waals surface area contributed by atoms with Crippen LogP contribution in [0.2, 0.25) is 0 Å². The van der Waals surface area contributed by atoms with Gasteiger partial charge in [0, 0.05) is 22.4 Å². The molecule has 4 fully saturated rings. The smallest absolute Gasteiger partial charge is 0.0540 e. The molecule has 4 bridgehead atoms. The minimum absolute atomic E-state index is 0.124. The predicted molar refractivity (Wildman–Crippen MR) is 270 cm³/mol. The number of benzene rings is 9. The predicted octanol–water partition coefficient (Wildman–Crippen LogP) is 17.2. The highest BCUT2D eigenvalue weighted by Crippen LogP contribution is 2.61. The van der Waals surface area contributed by atoms with Gasteiger partial charge in [0.1, 0.15) is 0 Å². The summed E-state index contributed by atoms with van der Waals surface area (Å²) in [5, 5.41) is 5.03. The lowest BCUT2D eigenvalue weighted by atomic mass is 9.48. The van der Waals surface area contributed by atoms with Gasteiger partial charge in [0.25, 0.3) is 0 Å². The Labute approximate surface area is 378 Å². The highest BCUT2D eigenvalue weighted by atomic mass is 15.1.